The number of hydrogen-bond donors (Lipinski definition) is 0. The van der Waals surface area contributed by atoms with Crippen molar-refractivity contribution >= 4 is 5.91 Å². The molecule has 1 aliphatic carbocycles. The van der Waals surface area contributed by atoms with Crippen LogP contribution >= 0.6 is 0 Å². The second kappa shape index (κ2) is 8.16. The van der Waals surface area contributed by atoms with Gasteiger partial charge >= 0.3 is 6.18 Å². The third kappa shape index (κ3) is 4.55. The Morgan fingerprint density at radius 1 is 1.06 bits per heavy atom. The lowest BCUT2D eigenvalue weighted by Gasteiger charge is -2.24. The zero-order valence-corrected chi connectivity index (χ0v) is 17.6. The van der Waals surface area contributed by atoms with Gasteiger partial charge in [0.15, 0.2) is 5.82 Å². The molecule has 1 aliphatic rings. The number of aromatic nitrogens is 5. The van der Waals surface area contributed by atoms with Crippen LogP contribution in [0.15, 0.2) is 43.0 Å². The summed E-state index contributed by atoms with van der Waals surface area (Å²) in [5, 5.41) is 4.21. The van der Waals surface area contributed by atoms with Crippen molar-refractivity contribution in [2.45, 2.75) is 37.9 Å². The molecular weight excluding hydrogens is 447 g/mol. The summed E-state index contributed by atoms with van der Waals surface area (Å²) in [5.74, 6) is -4.92. The van der Waals surface area contributed by atoms with E-state index in [0.29, 0.717) is 12.1 Å². The molecule has 1 aromatic carbocycles. The Labute approximate surface area is 185 Å². The summed E-state index contributed by atoms with van der Waals surface area (Å²) in [4.78, 5) is 26.3. The van der Waals surface area contributed by atoms with Crippen molar-refractivity contribution in [1.29, 1.82) is 0 Å². The molecule has 0 spiro atoms. The van der Waals surface area contributed by atoms with Crippen LogP contribution in [0.3, 0.4) is 0 Å². The molecule has 1 unspecified atom stereocenters. The maximum Gasteiger partial charge on any atom is 0.416 e. The van der Waals surface area contributed by atoms with Crippen LogP contribution in [0.2, 0.25) is 0 Å². The minimum Gasteiger partial charge on any atom is -0.332 e. The number of carbonyl (C=O) groups excluding carboxylic acids is 1. The molecule has 0 bridgehead atoms. The summed E-state index contributed by atoms with van der Waals surface area (Å²) < 4.78 is 70.7. The number of nitrogens with zero attached hydrogens (tertiary/aromatic N) is 6. The number of benzene rings is 1. The molecule has 4 rings (SSSR count). The minimum atomic E-state index is -4.88. The molecule has 3 aromatic rings. The molecule has 7 nitrogen and oxygen atoms in total. The Kier molecular flexibility index (Phi) is 5.62. The van der Waals surface area contributed by atoms with E-state index in [9.17, 15) is 26.7 Å². The van der Waals surface area contributed by atoms with Crippen molar-refractivity contribution in [3.8, 4) is 5.95 Å². The van der Waals surface area contributed by atoms with Gasteiger partial charge in [0.25, 0.3) is 17.8 Å². The van der Waals surface area contributed by atoms with Crippen LogP contribution in [0, 0.1) is 5.92 Å². The Bertz CT molecular complexity index is 1160. The van der Waals surface area contributed by atoms with Gasteiger partial charge in [-0.25, -0.2) is 23.7 Å². The first kappa shape index (κ1) is 22.7. The number of alkyl halides is 5. The van der Waals surface area contributed by atoms with Crippen LogP contribution in [-0.2, 0) is 12.1 Å². The average molecular weight is 466 g/mol. The van der Waals surface area contributed by atoms with Gasteiger partial charge in [0, 0.05) is 36.5 Å². The van der Waals surface area contributed by atoms with Crippen molar-refractivity contribution in [3.63, 3.8) is 0 Å². The van der Waals surface area contributed by atoms with Crippen LogP contribution in [0.1, 0.15) is 53.1 Å². The van der Waals surface area contributed by atoms with Gasteiger partial charge in [-0.3, -0.25) is 4.79 Å². The highest BCUT2D eigenvalue weighted by Gasteiger charge is 2.49. The van der Waals surface area contributed by atoms with E-state index < -0.39 is 46.7 Å². The first-order chi connectivity index (χ1) is 15.5. The highest BCUT2D eigenvalue weighted by atomic mass is 19.4. The first-order valence-electron chi connectivity index (χ1n) is 10.0. The number of rotatable bonds is 6. The summed E-state index contributed by atoms with van der Waals surface area (Å²) in [7, 11) is 1.34. The number of amides is 1. The van der Waals surface area contributed by atoms with Crippen molar-refractivity contribution in [1.82, 2.24) is 29.6 Å². The van der Waals surface area contributed by atoms with E-state index in [2.05, 4.69) is 20.1 Å². The summed E-state index contributed by atoms with van der Waals surface area (Å²) in [6.07, 6.45) is -0.0917. The summed E-state index contributed by atoms with van der Waals surface area (Å²) in [6.45, 7) is 1.57. The fourth-order valence-electron chi connectivity index (χ4n) is 3.31. The smallest absolute Gasteiger partial charge is 0.332 e. The van der Waals surface area contributed by atoms with Crippen LogP contribution < -0.4 is 0 Å². The van der Waals surface area contributed by atoms with E-state index in [-0.39, 0.29) is 24.6 Å². The number of carbonyl (C=O) groups is 1. The van der Waals surface area contributed by atoms with E-state index in [4.69, 9.17) is 0 Å². The zero-order chi connectivity index (χ0) is 24.0. The lowest BCUT2D eigenvalue weighted by atomic mass is 9.97. The van der Waals surface area contributed by atoms with Crippen LogP contribution in [0.25, 0.3) is 5.95 Å². The molecule has 1 fully saturated rings. The Morgan fingerprint density at radius 3 is 2.30 bits per heavy atom. The van der Waals surface area contributed by atoms with Crippen molar-refractivity contribution in [2.24, 2.45) is 5.92 Å². The fraction of sp³-hybridized carbons (Fsp3) is 0.381. The molecule has 2 heterocycles. The average Bonchev–Trinajstić information content (AvgIpc) is 3.55. The lowest BCUT2D eigenvalue weighted by Crippen LogP contribution is -2.31. The predicted molar refractivity (Wildman–Crippen MR) is 106 cm³/mol. The van der Waals surface area contributed by atoms with Crippen LogP contribution in [0.4, 0.5) is 22.0 Å². The minimum absolute atomic E-state index is 0.175. The molecule has 0 radical (unpaired) electrons. The molecule has 1 amide bonds. The maximum absolute atomic E-state index is 14.6. The molecular formula is C21H19F5N6O. The highest BCUT2D eigenvalue weighted by molar-refractivity contribution is 5.94. The molecule has 0 N–H and O–H groups in total. The molecule has 2 aromatic heterocycles. The van der Waals surface area contributed by atoms with Crippen LogP contribution in [-0.4, -0.2) is 42.6 Å². The Hall–Kier alpha value is -3.44. The molecule has 0 aliphatic heterocycles. The van der Waals surface area contributed by atoms with Gasteiger partial charge in [0.1, 0.15) is 6.33 Å². The molecule has 0 saturated heterocycles. The second-order valence-corrected chi connectivity index (χ2v) is 7.88. The Morgan fingerprint density at radius 2 is 1.70 bits per heavy atom. The standard InChI is InChI=1S/C21H19F5N6O/c1-12(17-29-11-32(30-17)19-27-6-3-7-28-19)31(2)18(33)13-8-15(20(22,23)14-4-5-14)10-16(9-13)21(24,25)26/h3,6-12,14H,4-5H2,1-2H3. The maximum atomic E-state index is 14.6. The van der Waals surface area contributed by atoms with E-state index >= 15 is 0 Å². The van der Waals surface area contributed by atoms with Gasteiger partial charge in [-0.05, 0) is 44.0 Å². The molecule has 33 heavy (non-hydrogen) atoms. The largest absolute Gasteiger partial charge is 0.416 e. The molecule has 1 saturated carbocycles. The highest BCUT2D eigenvalue weighted by Crippen LogP contribution is 2.50. The van der Waals surface area contributed by atoms with Gasteiger partial charge in [0.05, 0.1) is 11.6 Å². The topological polar surface area (TPSA) is 76.8 Å². The normalized spacial score (nSPS) is 15.4. The lowest BCUT2D eigenvalue weighted by molar-refractivity contribution is -0.137. The van der Waals surface area contributed by atoms with Crippen molar-refractivity contribution in [3.05, 3.63) is 65.5 Å². The molecule has 1 atom stereocenters. The SMILES string of the molecule is CC(c1ncn(-c2ncccn2)n1)N(C)C(=O)c1cc(C(F)(F)F)cc(C(F)(F)C2CC2)c1. The zero-order valence-electron chi connectivity index (χ0n) is 17.6. The van der Waals surface area contributed by atoms with Crippen molar-refractivity contribution in [2.75, 3.05) is 7.05 Å². The van der Waals surface area contributed by atoms with Gasteiger partial charge < -0.3 is 4.90 Å². The van der Waals surface area contributed by atoms with Gasteiger partial charge in [-0.15, -0.1) is 5.10 Å². The molecule has 174 valence electrons. The third-order valence-electron chi connectivity index (χ3n) is 5.52. The number of halogens is 5. The summed E-state index contributed by atoms with van der Waals surface area (Å²) in [5.41, 5.74) is -2.60. The van der Waals surface area contributed by atoms with Crippen LogP contribution in [0.5, 0.6) is 0 Å². The Balaban J connectivity index is 1.63. The van der Waals surface area contributed by atoms with E-state index in [1.54, 1.807) is 13.0 Å². The quantitative estimate of drug-likeness (QED) is 0.503. The van der Waals surface area contributed by atoms with E-state index in [1.807, 2.05) is 0 Å². The number of hydrogen-bond acceptors (Lipinski definition) is 5. The van der Waals surface area contributed by atoms with E-state index in [1.165, 1.54) is 30.5 Å². The van der Waals surface area contributed by atoms with Gasteiger partial charge in [-0.2, -0.15) is 17.9 Å². The van der Waals surface area contributed by atoms with Gasteiger partial charge in [-0.1, -0.05) is 0 Å². The van der Waals surface area contributed by atoms with E-state index in [0.717, 1.165) is 11.0 Å². The first-order valence-corrected chi connectivity index (χ1v) is 10.0. The van der Waals surface area contributed by atoms with Crippen molar-refractivity contribution < 1.29 is 26.7 Å². The fourth-order valence-corrected chi connectivity index (χ4v) is 3.31. The predicted octanol–water partition coefficient (Wildman–Crippen LogP) is 4.41. The third-order valence-corrected chi connectivity index (χ3v) is 5.52. The summed E-state index contributed by atoms with van der Waals surface area (Å²) >= 11 is 0. The second-order valence-electron chi connectivity index (χ2n) is 7.88. The molecule has 12 heteroatoms. The van der Waals surface area contributed by atoms with Gasteiger partial charge in [0.2, 0.25) is 0 Å². The monoisotopic (exact) mass is 466 g/mol. The summed E-state index contributed by atoms with van der Waals surface area (Å²) in [6, 6.07) is 2.68.